The van der Waals surface area contributed by atoms with E-state index in [2.05, 4.69) is 29.6 Å². The highest BCUT2D eigenvalue weighted by Crippen LogP contribution is 2.15. The molecule has 5 heteroatoms. The molecule has 1 heterocycles. The molecule has 2 aromatic carbocycles. The van der Waals surface area contributed by atoms with Crippen LogP contribution in [-0.4, -0.2) is 38.6 Å². The van der Waals surface area contributed by atoms with E-state index < -0.39 is 0 Å². The predicted molar refractivity (Wildman–Crippen MR) is 106 cm³/mol. The van der Waals surface area contributed by atoms with E-state index in [0.717, 1.165) is 54.6 Å². The van der Waals surface area contributed by atoms with Gasteiger partial charge in [-0.05, 0) is 43.2 Å². The fourth-order valence-electron chi connectivity index (χ4n) is 3.49. The fraction of sp³-hybridized carbons (Fsp3) is 0.381. The normalized spacial score (nSPS) is 20.0. The van der Waals surface area contributed by atoms with Gasteiger partial charge < -0.3 is 15.1 Å². The minimum atomic E-state index is 0.106. The summed E-state index contributed by atoms with van der Waals surface area (Å²) >= 11 is 5.95. The summed E-state index contributed by atoms with van der Waals surface area (Å²) in [4.78, 5) is 15.3. The number of aryl methyl sites for hydroxylation is 2. The van der Waals surface area contributed by atoms with Gasteiger partial charge in [-0.25, -0.2) is 0 Å². The van der Waals surface area contributed by atoms with Gasteiger partial charge >= 0.3 is 0 Å². The predicted octanol–water partition coefficient (Wildman–Crippen LogP) is 0.879. The van der Waals surface area contributed by atoms with E-state index in [1.165, 1.54) is 10.5 Å². The maximum absolute atomic E-state index is 12.4. The minimum Gasteiger partial charge on any atom is -0.322 e. The van der Waals surface area contributed by atoms with Crippen LogP contribution in [-0.2, 0) is 11.3 Å². The van der Waals surface area contributed by atoms with Gasteiger partial charge in [0.05, 0.1) is 0 Å². The number of quaternary nitrogens is 2. The van der Waals surface area contributed by atoms with Crippen LogP contribution in [0.5, 0.6) is 0 Å². The molecule has 1 saturated heterocycles. The summed E-state index contributed by atoms with van der Waals surface area (Å²) in [6.45, 7) is 9.89. The molecule has 3 rings (SSSR count). The zero-order chi connectivity index (χ0) is 18.5. The summed E-state index contributed by atoms with van der Waals surface area (Å²) in [7, 11) is 0. The van der Waals surface area contributed by atoms with Crippen LogP contribution in [0.25, 0.3) is 0 Å². The summed E-state index contributed by atoms with van der Waals surface area (Å²) in [5.74, 6) is 0.106. The van der Waals surface area contributed by atoms with E-state index >= 15 is 0 Å². The summed E-state index contributed by atoms with van der Waals surface area (Å²) < 4.78 is 0. The Morgan fingerprint density at radius 2 is 1.65 bits per heavy atom. The molecule has 2 aromatic rings. The average Bonchev–Trinajstić information content (AvgIpc) is 2.62. The maximum atomic E-state index is 12.4. The molecule has 26 heavy (non-hydrogen) atoms. The van der Waals surface area contributed by atoms with Crippen molar-refractivity contribution in [1.29, 1.82) is 0 Å². The summed E-state index contributed by atoms with van der Waals surface area (Å²) in [5.41, 5.74) is 4.52. The lowest BCUT2D eigenvalue weighted by atomic mass is 10.1. The topological polar surface area (TPSA) is 38.0 Å². The molecule has 1 aliphatic rings. The highest BCUT2D eigenvalue weighted by atomic mass is 35.5. The standard InChI is InChI=1S/C21H26ClN3O/c1-16-3-4-17(2)20(13-16)23-21(26)15-25-11-9-24(10-12-25)14-18-5-7-19(22)8-6-18/h3-8,13H,9-12,14-15H2,1-2H3,(H,23,26)/p+2. The number of hydrogen-bond donors (Lipinski definition) is 3. The van der Waals surface area contributed by atoms with Gasteiger partial charge in [-0.15, -0.1) is 0 Å². The second-order valence-electron chi connectivity index (χ2n) is 7.35. The quantitative estimate of drug-likeness (QED) is 0.715. The fourth-order valence-corrected chi connectivity index (χ4v) is 3.62. The molecule has 0 bridgehead atoms. The van der Waals surface area contributed by atoms with Crippen molar-refractivity contribution >= 4 is 23.2 Å². The lowest BCUT2D eigenvalue weighted by molar-refractivity contribution is -1.02. The first-order valence-corrected chi connectivity index (χ1v) is 9.66. The van der Waals surface area contributed by atoms with Gasteiger partial charge in [-0.2, -0.15) is 0 Å². The van der Waals surface area contributed by atoms with Crippen molar-refractivity contribution in [3.63, 3.8) is 0 Å². The van der Waals surface area contributed by atoms with E-state index in [1.54, 1.807) is 4.90 Å². The third-order valence-corrected chi connectivity index (χ3v) is 5.36. The number of benzene rings is 2. The van der Waals surface area contributed by atoms with Crippen molar-refractivity contribution in [3.05, 3.63) is 64.2 Å². The summed E-state index contributed by atoms with van der Waals surface area (Å²) in [6.07, 6.45) is 0. The third kappa shape index (κ3) is 5.31. The number of nitrogens with one attached hydrogen (secondary N) is 3. The second kappa shape index (κ2) is 8.67. The molecule has 0 radical (unpaired) electrons. The molecule has 4 nitrogen and oxygen atoms in total. The third-order valence-electron chi connectivity index (χ3n) is 5.11. The van der Waals surface area contributed by atoms with Crippen molar-refractivity contribution < 1.29 is 14.6 Å². The number of halogens is 1. The number of piperazine rings is 1. The van der Waals surface area contributed by atoms with E-state index in [-0.39, 0.29) is 5.91 Å². The lowest BCUT2D eigenvalue weighted by Crippen LogP contribution is -3.28. The van der Waals surface area contributed by atoms with Gasteiger partial charge in [0.25, 0.3) is 5.91 Å². The Morgan fingerprint density at radius 3 is 2.35 bits per heavy atom. The van der Waals surface area contributed by atoms with Crippen LogP contribution in [0, 0.1) is 13.8 Å². The van der Waals surface area contributed by atoms with Crippen molar-refractivity contribution in [2.45, 2.75) is 20.4 Å². The molecule has 0 atom stereocenters. The van der Waals surface area contributed by atoms with Crippen LogP contribution in [0.2, 0.25) is 5.02 Å². The highest BCUT2D eigenvalue weighted by molar-refractivity contribution is 6.30. The zero-order valence-corrected chi connectivity index (χ0v) is 16.3. The van der Waals surface area contributed by atoms with Crippen molar-refractivity contribution in [3.8, 4) is 0 Å². The molecule has 138 valence electrons. The highest BCUT2D eigenvalue weighted by Gasteiger charge is 2.25. The first-order valence-electron chi connectivity index (χ1n) is 9.28. The number of rotatable bonds is 5. The van der Waals surface area contributed by atoms with Gasteiger partial charge in [0.1, 0.15) is 32.7 Å². The first kappa shape index (κ1) is 18.9. The molecule has 3 N–H and O–H groups in total. The van der Waals surface area contributed by atoms with Crippen LogP contribution in [0.15, 0.2) is 42.5 Å². The molecule has 1 amide bonds. The molecule has 1 fully saturated rings. The van der Waals surface area contributed by atoms with Crippen molar-refractivity contribution in [1.82, 2.24) is 0 Å². The minimum absolute atomic E-state index is 0.106. The SMILES string of the molecule is Cc1ccc(C)c(NC(=O)C[NH+]2CC[NH+](Cc3ccc(Cl)cc3)CC2)c1. The number of anilines is 1. The lowest BCUT2D eigenvalue weighted by Gasteiger charge is -2.29. The van der Waals surface area contributed by atoms with E-state index in [4.69, 9.17) is 11.6 Å². The number of carbonyl (C=O) groups is 1. The molecule has 0 aliphatic carbocycles. The summed E-state index contributed by atoms with van der Waals surface area (Å²) in [5, 5.41) is 3.86. The molecule has 0 unspecified atom stereocenters. The maximum Gasteiger partial charge on any atom is 0.279 e. The Hall–Kier alpha value is -1.88. The Kier molecular flexibility index (Phi) is 6.30. The Bertz CT molecular complexity index is 752. The van der Waals surface area contributed by atoms with Gasteiger partial charge in [-0.3, -0.25) is 4.79 Å². The van der Waals surface area contributed by atoms with Crippen LogP contribution in [0.3, 0.4) is 0 Å². The van der Waals surface area contributed by atoms with Crippen LogP contribution < -0.4 is 15.1 Å². The average molecular weight is 374 g/mol. The Labute approximate surface area is 160 Å². The monoisotopic (exact) mass is 373 g/mol. The van der Waals surface area contributed by atoms with E-state index in [1.807, 2.05) is 32.0 Å². The number of amides is 1. The zero-order valence-electron chi connectivity index (χ0n) is 15.6. The first-order chi connectivity index (χ1) is 12.5. The molecule has 1 aliphatic heterocycles. The smallest absolute Gasteiger partial charge is 0.279 e. The Morgan fingerprint density at radius 1 is 1.00 bits per heavy atom. The van der Waals surface area contributed by atoms with Crippen molar-refractivity contribution in [2.75, 3.05) is 38.0 Å². The van der Waals surface area contributed by atoms with Crippen LogP contribution >= 0.6 is 11.6 Å². The number of carbonyl (C=O) groups excluding carboxylic acids is 1. The molecular weight excluding hydrogens is 346 g/mol. The molecular formula is C21H28ClN3O+2. The van der Waals surface area contributed by atoms with Gasteiger partial charge in [0, 0.05) is 16.3 Å². The largest absolute Gasteiger partial charge is 0.322 e. The number of hydrogen-bond acceptors (Lipinski definition) is 1. The van der Waals surface area contributed by atoms with Gasteiger partial charge in [0.2, 0.25) is 0 Å². The van der Waals surface area contributed by atoms with Gasteiger partial charge in [0.15, 0.2) is 6.54 Å². The van der Waals surface area contributed by atoms with Crippen molar-refractivity contribution in [2.24, 2.45) is 0 Å². The van der Waals surface area contributed by atoms with E-state index in [0.29, 0.717) is 6.54 Å². The Balaban J connectivity index is 1.45. The molecule has 0 saturated carbocycles. The van der Waals surface area contributed by atoms with Crippen LogP contribution in [0.1, 0.15) is 16.7 Å². The molecule has 0 spiro atoms. The summed E-state index contributed by atoms with van der Waals surface area (Å²) in [6, 6.07) is 14.3. The molecule has 0 aromatic heterocycles. The van der Waals surface area contributed by atoms with Crippen LogP contribution in [0.4, 0.5) is 5.69 Å². The second-order valence-corrected chi connectivity index (χ2v) is 7.78. The van der Waals surface area contributed by atoms with Gasteiger partial charge in [-0.1, -0.05) is 35.9 Å². The van der Waals surface area contributed by atoms with E-state index in [9.17, 15) is 4.79 Å².